The summed E-state index contributed by atoms with van der Waals surface area (Å²) in [6.45, 7) is 5.00. The molecule has 1 heterocycles. The smallest absolute Gasteiger partial charge is 0.307 e. The lowest BCUT2D eigenvalue weighted by Crippen LogP contribution is -2.40. The predicted octanol–water partition coefficient (Wildman–Crippen LogP) is 0.638. The molecule has 2 N–H and O–H groups in total. The van der Waals surface area contributed by atoms with Crippen molar-refractivity contribution in [2.75, 3.05) is 13.2 Å². The Morgan fingerprint density at radius 3 is 2.29 bits per heavy atom. The van der Waals surface area contributed by atoms with Gasteiger partial charge in [0.05, 0.1) is 11.8 Å². The molecule has 0 aromatic heterocycles. The first-order valence-electron chi connectivity index (χ1n) is 6.05. The van der Waals surface area contributed by atoms with E-state index in [0.717, 1.165) is 12.8 Å². The van der Waals surface area contributed by atoms with E-state index in [-0.39, 0.29) is 17.9 Å². The van der Waals surface area contributed by atoms with Crippen LogP contribution in [0.1, 0.15) is 26.7 Å². The van der Waals surface area contributed by atoms with Crippen LogP contribution in [0.5, 0.6) is 0 Å². The zero-order chi connectivity index (χ0) is 12.6. The van der Waals surface area contributed by atoms with Gasteiger partial charge in [-0.1, -0.05) is 13.8 Å². The van der Waals surface area contributed by atoms with Crippen LogP contribution in [0.3, 0.4) is 0 Å². The van der Waals surface area contributed by atoms with Crippen LogP contribution in [0.2, 0.25) is 0 Å². The Hall–Kier alpha value is -1.10. The molecule has 2 aliphatic rings. The Kier molecular flexibility index (Phi) is 3.12. The predicted molar refractivity (Wildman–Crippen MR) is 60.4 cm³/mol. The number of aliphatic carboxylic acids is 1. The Morgan fingerprint density at radius 2 is 1.82 bits per heavy atom. The van der Waals surface area contributed by atoms with Gasteiger partial charge in [-0.05, 0) is 18.3 Å². The van der Waals surface area contributed by atoms with Gasteiger partial charge in [-0.15, -0.1) is 0 Å². The summed E-state index contributed by atoms with van der Waals surface area (Å²) in [5, 5.41) is 12.0. The van der Waals surface area contributed by atoms with Gasteiger partial charge < -0.3 is 15.2 Å². The van der Waals surface area contributed by atoms with Crippen molar-refractivity contribution >= 4 is 11.9 Å². The topological polar surface area (TPSA) is 75.6 Å². The zero-order valence-electron chi connectivity index (χ0n) is 10.2. The number of hydrogen-bond donors (Lipinski definition) is 2. The lowest BCUT2D eigenvalue weighted by molar-refractivity contribution is -0.140. The molecule has 2 atom stereocenters. The van der Waals surface area contributed by atoms with Gasteiger partial charge in [-0.3, -0.25) is 9.59 Å². The quantitative estimate of drug-likeness (QED) is 0.760. The van der Waals surface area contributed by atoms with E-state index in [1.54, 1.807) is 0 Å². The van der Waals surface area contributed by atoms with Crippen molar-refractivity contribution in [3.8, 4) is 0 Å². The molecule has 2 rings (SSSR count). The molecule has 1 saturated carbocycles. The number of carboxylic acids is 1. The van der Waals surface area contributed by atoms with Gasteiger partial charge in [0.15, 0.2) is 0 Å². The average Bonchev–Trinajstić information content (AvgIpc) is 2.83. The standard InChI is InChI=1S/C12H19NO4/c1-12(2)8(9(12)11(15)16)10(14)13-7-3-5-17-6-4-7/h7-9H,3-6H2,1-2H3,(H,13,14)(H,15,16). The molecule has 96 valence electrons. The van der Waals surface area contributed by atoms with Crippen molar-refractivity contribution in [1.29, 1.82) is 0 Å². The summed E-state index contributed by atoms with van der Waals surface area (Å²) in [5.74, 6) is -1.92. The van der Waals surface area contributed by atoms with Gasteiger partial charge in [0.25, 0.3) is 0 Å². The van der Waals surface area contributed by atoms with E-state index in [4.69, 9.17) is 9.84 Å². The second-order valence-electron chi connectivity index (χ2n) is 5.51. The van der Waals surface area contributed by atoms with Crippen LogP contribution in [0, 0.1) is 17.3 Å². The molecular formula is C12H19NO4. The van der Waals surface area contributed by atoms with Crippen molar-refractivity contribution in [1.82, 2.24) is 5.32 Å². The Labute approximate surface area is 101 Å². The van der Waals surface area contributed by atoms with Gasteiger partial charge in [0.2, 0.25) is 5.91 Å². The Morgan fingerprint density at radius 1 is 1.24 bits per heavy atom. The van der Waals surface area contributed by atoms with Crippen molar-refractivity contribution in [2.24, 2.45) is 17.3 Å². The molecule has 5 heteroatoms. The molecule has 0 spiro atoms. The highest BCUT2D eigenvalue weighted by molar-refractivity contribution is 5.91. The third kappa shape index (κ3) is 2.29. The molecule has 2 fully saturated rings. The van der Waals surface area contributed by atoms with Crippen LogP contribution in [0.25, 0.3) is 0 Å². The number of amides is 1. The van der Waals surface area contributed by atoms with Gasteiger partial charge in [-0.2, -0.15) is 0 Å². The van der Waals surface area contributed by atoms with E-state index in [1.165, 1.54) is 0 Å². The molecule has 0 aromatic carbocycles. The van der Waals surface area contributed by atoms with E-state index >= 15 is 0 Å². The van der Waals surface area contributed by atoms with E-state index in [2.05, 4.69) is 5.32 Å². The number of ether oxygens (including phenoxy) is 1. The first-order chi connectivity index (χ1) is 7.94. The van der Waals surface area contributed by atoms with E-state index in [1.807, 2.05) is 13.8 Å². The monoisotopic (exact) mass is 241 g/mol. The number of carbonyl (C=O) groups excluding carboxylic acids is 1. The molecule has 2 unspecified atom stereocenters. The summed E-state index contributed by atoms with van der Waals surface area (Å²) in [6.07, 6.45) is 1.63. The molecule has 1 amide bonds. The minimum atomic E-state index is -0.873. The molecule has 17 heavy (non-hydrogen) atoms. The van der Waals surface area contributed by atoms with E-state index in [0.29, 0.717) is 13.2 Å². The second kappa shape index (κ2) is 4.29. The van der Waals surface area contributed by atoms with Crippen LogP contribution in [-0.4, -0.2) is 36.2 Å². The summed E-state index contributed by atoms with van der Waals surface area (Å²) in [6, 6.07) is 0.141. The third-order valence-electron chi connectivity index (χ3n) is 3.94. The van der Waals surface area contributed by atoms with Crippen LogP contribution < -0.4 is 5.32 Å². The fourth-order valence-electron chi connectivity index (χ4n) is 2.72. The Balaban J connectivity index is 1.90. The summed E-state index contributed by atoms with van der Waals surface area (Å²) < 4.78 is 5.21. The number of rotatable bonds is 3. The first-order valence-corrected chi connectivity index (χ1v) is 6.05. The molecule has 0 bridgehead atoms. The average molecular weight is 241 g/mol. The minimum Gasteiger partial charge on any atom is -0.481 e. The maximum atomic E-state index is 12.0. The largest absolute Gasteiger partial charge is 0.481 e. The van der Waals surface area contributed by atoms with Crippen LogP contribution in [0.4, 0.5) is 0 Å². The molecule has 5 nitrogen and oxygen atoms in total. The number of carboxylic acid groups (broad SMARTS) is 1. The summed E-state index contributed by atoms with van der Waals surface area (Å²) >= 11 is 0. The summed E-state index contributed by atoms with van der Waals surface area (Å²) in [7, 11) is 0. The summed E-state index contributed by atoms with van der Waals surface area (Å²) in [5.41, 5.74) is -0.416. The highest BCUT2D eigenvalue weighted by Gasteiger charge is 2.65. The lowest BCUT2D eigenvalue weighted by Gasteiger charge is -2.23. The van der Waals surface area contributed by atoms with Gasteiger partial charge in [0, 0.05) is 19.3 Å². The first kappa shape index (κ1) is 12.4. The van der Waals surface area contributed by atoms with Crippen LogP contribution in [-0.2, 0) is 14.3 Å². The molecule has 1 aliphatic carbocycles. The fourth-order valence-corrected chi connectivity index (χ4v) is 2.72. The summed E-state index contributed by atoms with van der Waals surface area (Å²) in [4.78, 5) is 23.0. The molecule has 0 aromatic rings. The minimum absolute atomic E-state index is 0.116. The maximum Gasteiger partial charge on any atom is 0.307 e. The molecule has 1 saturated heterocycles. The van der Waals surface area contributed by atoms with E-state index < -0.39 is 17.3 Å². The molecule has 0 radical (unpaired) electrons. The highest BCUT2D eigenvalue weighted by atomic mass is 16.5. The Bertz CT molecular complexity index is 333. The van der Waals surface area contributed by atoms with Gasteiger partial charge in [-0.25, -0.2) is 0 Å². The maximum absolute atomic E-state index is 12.0. The van der Waals surface area contributed by atoms with Gasteiger partial charge >= 0.3 is 5.97 Å². The third-order valence-corrected chi connectivity index (χ3v) is 3.94. The van der Waals surface area contributed by atoms with Crippen molar-refractivity contribution in [2.45, 2.75) is 32.7 Å². The lowest BCUT2D eigenvalue weighted by atomic mass is 10.1. The van der Waals surface area contributed by atoms with Crippen LogP contribution in [0.15, 0.2) is 0 Å². The molecular weight excluding hydrogens is 222 g/mol. The number of hydrogen-bond acceptors (Lipinski definition) is 3. The van der Waals surface area contributed by atoms with Crippen molar-refractivity contribution in [3.05, 3.63) is 0 Å². The van der Waals surface area contributed by atoms with Crippen molar-refractivity contribution < 1.29 is 19.4 Å². The highest BCUT2D eigenvalue weighted by Crippen LogP contribution is 2.58. The zero-order valence-corrected chi connectivity index (χ0v) is 10.2. The number of carbonyl (C=O) groups is 2. The molecule has 1 aliphatic heterocycles. The van der Waals surface area contributed by atoms with E-state index in [9.17, 15) is 9.59 Å². The van der Waals surface area contributed by atoms with Crippen LogP contribution >= 0.6 is 0 Å². The van der Waals surface area contributed by atoms with Gasteiger partial charge in [0.1, 0.15) is 0 Å². The normalized spacial score (nSPS) is 31.9. The number of nitrogens with one attached hydrogen (secondary N) is 1. The van der Waals surface area contributed by atoms with Crippen molar-refractivity contribution in [3.63, 3.8) is 0 Å². The second-order valence-corrected chi connectivity index (χ2v) is 5.51. The SMILES string of the molecule is CC1(C)C(C(=O)O)C1C(=O)NC1CCOCC1. The fraction of sp³-hybridized carbons (Fsp3) is 0.833.